The summed E-state index contributed by atoms with van der Waals surface area (Å²) in [6.07, 6.45) is 2.73. The zero-order valence-electron chi connectivity index (χ0n) is 11.8. The zero-order chi connectivity index (χ0) is 14.8. The minimum atomic E-state index is 0.384. The van der Waals surface area contributed by atoms with Gasteiger partial charge in [-0.2, -0.15) is 0 Å². The number of rotatable bonds is 3. The van der Waals surface area contributed by atoms with Crippen molar-refractivity contribution in [2.75, 3.05) is 18.5 Å². The third-order valence-electron chi connectivity index (χ3n) is 3.86. The van der Waals surface area contributed by atoms with Crippen molar-refractivity contribution in [1.29, 1.82) is 0 Å². The Morgan fingerprint density at radius 3 is 2.86 bits per heavy atom. The first kappa shape index (κ1) is 14.8. The number of fused-ring (bicyclic) bond motifs is 1. The van der Waals surface area contributed by atoms with Crippen LogP contribution in [0, 0.1) is 0 Å². The van der Waals surface area contributed by atoms with Crippen LogP contribution in [0.25, 0.3) is 0 Å². The summed E-state index contributed by atoms with van der Waals surface area (Å²) >= 11 is 9.60. The van der Waals surface area contributed by atoms with E-state index in [2.05, 4.69) is 55.4 Å². The Labute approximate surface area is 138 Å². The second kappa shape index (κ2) is 6.34. The predicted octanol–water partition coefficient (Wildman–Crippen LogP) is 3.65. The number of likely N-dealkylation sites (N-methyl/N-ethyl adjacent to an activating group) is 1. The van der Waals surface area contributed by atoms with Gasteiger partial charge >= 0.3 is 0 Å². The maximum Gasteiger partial charge on any atom is 0.143 e. The predicted molar refractivity (Wildman–Crippen MR) is 91.0 cm³/mol. The first-order valence-electron chi connectivity index (χ1n) is 6.98. The highest BCUT2D eigenvalue weighted by Gasteiger charge is 2.27. The van der Waals surface area contributed by atoms with Gasteiger partial charge in [0.25, 0.3) is 0 Å². The number of halogens is 2. The molecular formula is C16H17BrClN3. The fourth-order valence-corrected chi connectivity index (χ4v) is 3.74. The number of nitrogens with zero attached hydrogens (tertiary/aromatic N) is 2. The molecule has 5 heteroatoms. The van der Waals surface area contributed by atoms with Crippen LogP contribution in [0.4, 0.5) is 5.82 Å². The molecule has 1 atom stereocenters. The van der Waals surface area contributed by atoms with Gasteiger partial charge in [-0.05, 0) is 46.6 Å². The quantitative estimate of drug-likeness (QED) is 0.899. The third kappa shape index (κ3) is 3.07. The molecule has 3 nitrogen and oxygen atoms in total. The van der Waals surface area contributed by atoms with Gasteiger partial charge in [0.2, 0.25) is 0 Å². The SMILES string of the molecule is CNCC1Cc2ccccc2CN1c1ncc(Cl)cc1Br. The maximum absolute atomic E-state index is 6.01. The van der Waals surface area contributed by atoms with Gasteiger partial charge in [-0.25, -0.2) is 4.98 Å². The Hall–Kier alpha value is -1.10. The lowest BCUT2D eigenvalue weighted by atomic mass is 9.94. The summed E-state index contributed by atoms with van der Waals surface area (Å²) in [5.74, 6) is 0.953. The first-order valence-corrected chi connectivity index (χ1v) is 8.15. The Balaban J connectivity index is 1.99. The van der Waals surface area contributed by atoms with Crippen molar-refractivity contribution in [1.82, 2.24) is 10.3 Å². The van der Waals surface area contributed by atoms with Gasteiger partial charge in [-0.1, -0.05) is 35.9 Å². The molecule has 21 heavy (non-hydrogen) atoms. The van der Waals surface area contributed by atoms with Gasteiger partial charge in [0, 0.05) is 25.3 Å². The van der Waals surface area contributed by atoms with Crippen molar-refractivity contribution >= 4 is 33.3 Å². The third-order valence-corrected chi connectivity index (χ3v) is 4.65. The molecule has 1 aliphatic rings. The zero-order valence-corrected chi connectivity index (χ0v) is 14.2. The van der Waals surface area contributed by atoms with E-state index in [0.717, 1.165) is 29.8 Å². The van der Waals surface area contributed by atoms with Gasteiger partial charge in [-0.15, -0.1) is 0 Å². The summed E-state index contributed by atoms with van der Waals surface area (Å²) in [5, 5.41) is 3.93. The van der Waals surface area contributed by atoms with E-state index < -0.39 is 0 Å². The molecule has 0 saturated heterocycles. The van der Waals surface area contributed by atoms with Crippen LogP contribution < -0.4 is 10.2 Å². The molecule has 1 aromatic carbocycles. The van der Waals surface area contributed by atoms with E-state index in [1.165, 1.54) is 11.1 Å². The largest absolute Gasteiger partial charge is 0.347 e. The Morgan fingerprint density at radius 1 is 1.38 bits per heavy atom. The molecular weight excluding hydrogens is 350 g/mol. The fourth-order valence-electron chi connectivity index (χ4n) is 2.87. The minimum absolute atomic E-state index is 0.384. The topological polar surface area (TPSA) is 28.2 Å². The van der Waals surface area contributed by atoms with Gasteiger partial charge < -0.3 is 10.2 Å². The van der Waals surface area contributed by atoms with E-state index in [-0.39, 0.29) is 0 Å². The highest BCUT2D eigenvalue weighted by molar-refractivity contribution is 9.10. The van der Waals surface area contributed by atoms with Crippen molar-refractivity contribution in [3.8, 4) is 0 Å². The molecule has 1 N–H and O–H groups in total. The number of pyridine rings is 1. The van der Waals surface area contributed by atoms with Crippen molar-refractivity contribution in [3.63, 3.8) is 0 Å². The molecule has 110 valence electrons. The van der Waals surface area contributed by atoms with Gasteiger partial charge in [-0.3, -0.25) is 0 Å². The van der Waals surface area contributed by atoms with Crippen LogP contribution in [-0.4, -0.2) is 24.6 Å². The molecule has 0 saturated carbocycles. The second-order valence-corrected chi connectivity index (χ2v) is 6.56. The number of anilines is 1. The number of hydrogen-bond acceptors (Lipinski definition) is 3. The lowest BCUT2D eigenvalue weighted by Crippen LogP contribution is -2.46. The molecule has 0 fully saturated rings. The van der Waals surface area contributed by atoms with Crippen LogP contribution in [0.1, 0.15) is 11.1 Å². The summed E-state index contributed by atoms with van der Waals surface area (Å²) in [6.45, 7) is 1.79. The monoisotopic (exact) mass is 365 g/mol. The van der Waals surface area contributed by atoms with Crippen molar-refractivity contribution < 1.29 is 0 Å². The number of aromatic nitrogens is 1. The van der Waals surface area contributed by atoms with Crippen LogP contribution in [0.5, 0.6) is 0 Å². The molecule has 0 radical (unpaired) electrons. The minimum Gasteiger partial charge on any atom is -0.347 e. The van der Waals surface area contributed by atoms with E-state index >= 15 is 0 Å². The molecule has 1 aliphatic heterocycles. The van der Waals surface area contributed by atoms with Crippen molar-refractivity contribution in [2.24, 2.45) is 0 Å². The Bertz CT molecular complexity index is 647. The standard InChI is InChI=1S/C16H17BrClN3/c1-19-9-14-6-11-4-2-3-5-12(11)10-21(14)16-15(17)7-13(18)8-20-16/h2-5,7-8,14,19H,6,9-10H2,1H3. The fraction of sp³-hybridized carbons (Fsp3) is 0.312. The molecule has 3 rings (SSSR count). The summed E-state index contributed by atoms with van der Waals surface area (Å²) < 4.78 is 0.940. The number of nitrogens with one attached hydrogen (secondary N) is 1. The van der Waals surface area contributed by atoms with E-state index in [0.29, 0.717) is 11.1 Å². The van der Waals surface area contributed by atoms with Crippen LogP contribution >= 0.6 is 27.5 Å². The highest BCUT2D eigenvalue weighted by atomic mass is 79.9. The van der Waals surface area contributed by atoms with Gasteiger partial charge in [0.1, 0.15) is 5.82 Å². The molecule has 2 heterocycles. The van der Waals surface area contributed by atoms with E-state index in [1.807, 2.05) is 13.1 Å². The summed E-state index contributed by atoms with van der Waals surface area (Å²) in [4.78, 5) is 6.87. The van der Waals surface area contributed by atoms with Crippen LogP contribution in [-0.2, 0) is 13.0 Å². The van der Waals surface area contributed by atoms with Gasteiger partial charge in [0.05, 0.1) is 9.50 Å². The average Bonchev–Trinajstić information content (AvgIpc) is 2.47. The van der Waals surface area contributed by atoms with Crippen molar-refractivity contribution in [3.05, 3.63) is 57.2 Å². The molecule has 0 aliphatic carbocycles. The number of hydrogen-bond donors (Lipinski definition) is 1. The summed E-state index contributed by atoms with van der Waals surface area (Å²) in [6, 6.07) is 10.9. The first-order chi connectivity index (χ1) is 10.2. The molecule has 1 aromatic heterocycles. The normalized spacial score (nSPS) is 17.7. The molecule has 1 unspecified atom stereocenters. The molecule has 2 aromatic rings. The molecule has 0 bridgehead atoms. The average molecular weight is 367 g/mol. The molecule has 0 spiro atoms. The maximum atomic E-state index is 6.01. The Kier molecular flexibility index (Phi) is 4.48. The van der Waals surface area contributed by atoms with E-state index in [1.54, 1.807) is 6.20 Å². The lowest BCUT2D eigenvalue weighted by Gasteiger charge is -2.38. The summed E-state index contributed by atoms with van der Waals surface area (Å²) in [5.41, 5.74) is 2.80. The smallest absolute Gasteiger partial charge is 0.143 e. The number of benzene rings is 1. The molecule has 0 amide bonds. The van der Waals surface area contributed by atoms with Crippen LogP contribution in [0.3, 0.4) is 0 Å². The van der Waals surface area contributed by atoms with Crippen LogP contribution in [0.15, 0.2) is 41.0 Å². The summed E-state index contributed by atoms with van der Waals surface area (Å²) in [7, 11) is 1.99. The van der Waals surface area contributed by atoms with Gasteiger partial charge in [0.15, 0.2) is 0 Å². The second-order valence-electron chi connectivity index (χ2n) is 5.27. The highest BCUT2D eigenvalue weighted by Crippen LogP contribution is 2.33. The van der Waals surface area contributed by atoms with Crippen molar-refractivity contribution in [2.45, 2.75) is 19.0 Å². The van der Waals surface area contributed by atoms with Crippen LogP contribution in [0.2, 0.25) is 5.02 Å². The van der Waals surface area contributed by atoms with E-state index in [4.69, 9.17) is 11.6 Å². The van der Waals surface area contributed by atoms with E-state index in [9.17, 15) is 0 Å². The lowest BCUT2D eigenvalue weighted by molar-refractivity contribution is 0.523. The Morgan fingerprint density at radius 2 is 2.14 bits per heavy atom.